The van der Waals surface area contributed by atoms with Gasteiger partial charge in [0.05, 0.1) is 5.92 Å². The van der Waals surface area contributed by atoms with Crippen LogP contribution in [0.15, 0.2) is 30.3 Å². The molecule has 1 amide bonds. The Morgan fingerprint density at radius 3 is 2.58 bits per heavy atom. The number of nitrogens with one attached hydrogen (secondary N) is 1. The molecule has 1 aromatic rings. The Labute approximate surface area is 116 Å². The topological polar surface area (TPSA) is 58.4 Å². The molecule has 0 aliphatic carbocycles. The van der Waals surface area contributed by atoms with Crippen LogP contribution in [0.1, 0.15) is 24.9 Å². The molecule has 0 fully saturated rings. The van der Waals surface area contributed by atoms with E-state index in [1.54, 1.807) is 4.90 Å². The van der Waals surface area contributed by atoms with Gasteiger partial charge in [-0.3, -0.25) is 4.79 Å². The first-order chi connectivity index (χ1) is 9.07. The number of carbonyl (C=O) groups excluding carboxylic acids is 1. The van der Waals surface area contributed by atoms with Crippen LogP contribution in [0.3, 0.4) is 0 Å². The molecular formula is C15H25N3O. The van der Waals surface area contributed by atoms with Crippen LogP contribution in [-0.2, 0) is 4.79 Å². The predicted molar refractivity (Wildman–Crippen MR) is 78.7 cm³/mol. The Morgan fingerprint density at radius 1 is 1.37 bits per heavy atom. The summed E-state index contributed by atoms with van der Waals surface area (Å²) < 4.78 is 0. The van der Waals surface area contributed by atoms with Crippen molar-refractivity contribution >= 4 is 5.91 Å². The molecule has 0 bridgehead atoms. The van der Waals surface area contributed by atoms with E-state index in [1.165, 1.54) is 0 Å². The van der Waals surface area contributed by atoms with E-state index in [9.17, 15) is 4.79 Å². The van der Waals surface area contributed by atoms with Crippen LogP contribution in [0, 0.1) is 5.92 Å². The van der Waals surface area contributed by atoms with Gasteiger partial charge in [-0.1, -0.05) is 37.3 Å². The normalized spacial score (nSPS) is 13.9. The first-order valence-electron chi connectivity index (χ1n) is 6.78. The van der Waals surface area contributed by atoms with E-state index in [0.717, 1.165) is 25.1 Å². The number of hydrogen-bond acceptors (Lipinski definition) is 3. The summed E-state index contributed by atoms with van der Waals surface area (Å²) >= 11 is 0. The summed E-state index contributed by atoms with van der Waals surface area (Å²) in [7, 11) is 3.75. The summed E-state index contributed by atoms with van der Waals surface area (Å²) in [4.78, 5) is 14.0. The van der Waals surface area contributed by atoms with Crippen LogP contribution in [0.2, 0.25) is 0 Å². The van der Waals surface area contributed by atoms with Gasteiger partial charge in [-0.25, -0.2) is 0 Å². The lowest BCUT2D eigenvalue weighted by atomic mass is 9.94. The Morgan fingerprint density at radius 2 is 2.00 bits per heavy atom. The number of benzene rings is 1. The average molecular weight is 263 g/mol. The number of nitrogens with two attached hydrogens (primary N) is 1. The molecule has 2 unspecified atom stereocenters. The van der Waals surface area contributed by atoms with Gasteiger partial charge in [0.15, 0.2) is 0 Å². The van der Waals surface area contributed by atoms with Crippen molar-refractivity contribution in [2.45, 2.75) is 19.4 Å². The minimum atomic E-state index is -0.250. The molecule has 0 heterocycles. The van der Waals surface area contributed by atoms with E-state index in [-0.39, 0.29) is 17.9 Å². The van der Waals surface area contributed by atoms with E-state index in [4.69, 9.17) is 5.73 Å². The van der Waals surface area contributed by atoms with E-state index < -0.39 is 0 Å². The fourth-order valence-corrected chi connectivity index (χ4v) is 2.07. The van der Waals surface area contributed by atoms with E-state index >= 15 is 0 Å². The maximum atomic E-state index is 12.3. The Kier molecular flexibility index (Phi) is 6.53. The van der Waals surface area contributed by atoms with Gasteiger partial charge in [0.1, 0.15) is 0 Å². The molecule has 1 rings (SSSR count). The molecule has 2 atom stereocenters. The minimum Gasteiger partial charge on any atom is -0.345 e. The summed E-state index contributed by atoms with van der Waals surface area (Å²) in [5.74, 6) is -0.102. The van der Waals surface area contributed by atoms with Crippen molar-refractivity contribution in [1.82, 2.24) is 10.2 Å². The van der Waals surface area contributed by atoms with Crippen LogP contribution < -0.4 is 11.1 Å². The Hall–Kier alpha value is -1.39. The minimum absolute atomic E-state index is 0.104. The molecule has 1 aromatic carbocycles. The van der Waals surface area contributed by atoms with Crippen LogP contribution >= 0.6 is 0 Å². The molecule has 0 radical (unpaired) electrons. The van der Waals surface area contributed by atoms with Crippen LogP contribution in [0.25, 0.3) is 0 Å². The highest BCUT2D eigenvalue weighted by atomic mass is 16.2. The summed E-state index contributed by atoms with van der Waals surface area (Å²) in [6.07, 6.45) is 0.950. The zero-order chi connectivity index (χ0) is 14.3. The standard InChI is InChI=1S/C15H25N3O/c1-12(14(16)13-8-5-4-6-9-13)15(19)18(3)11-7-10-17-2/h4-6,8-9,12,14,17H,7,10-11,16H2,1-3H3. The molecule has 4 heteroatoms. The molecule has 0 spiro atoms. The lowest BCUT2D eigenvalue weighted by molar-refractivity contribution is -0.134. The predicted octanol–water partition coefficient (Wildman–Crippen LogP) is 1.39. The number of rotatable bonds is 7. The van der Waals surface area contributed by atoms with Gasteiger partial charge < -0.3 is 16.0 Å². The Bertz CT molecular complexity index is 380. The molecular weight excluding hydrogens is 238 g/mol. The van der Waals surface area contributed by atoms with Crippen molar-refractivity contribution < 1.29 is 4.79 Å². The van der Waals surface area contributed by atoms with Gasteiger partial charge in [-0.15, -0.1) is 0 Å². The highest BCUT2D eigenvalue weighted by Gasteiger charge is 2.24. The van der Waals surface area contributed by atoms with Gasteiger partial charge in [0.25, 0.3) is 0 Å². The second-order valence-corrected chi connectivity index (χ2v) is 4.94. The highest BCUT2D eigenvalue weighted by Crippen LogP contribution is 2.20. The van der Waals surface area contributed by atoms with Gasteiger partial charge in [-0.05, 0) is 25.6 Å². The van der Waals surface area contributed by atoms with Gasteiger partial charge in [0.2, 0.25) is 5.91 Å². The SMILES string of the molecule is CNCCCN(C)C(=O)C(C)C(N)c1ccccc1. The summed E-state index contributed by atoms with van der Waals surface area (Å²) in [6.45, 7) is 3.57. The molecule has 19 heavy (non-hydrogen) atoms. The summed E-state index contributed by atoms with van der Waals surface area (Å²) in [5, 5.41) is 3.08. The average Bonchev–Trinajstić information content (AvgIpc) is 2.46. The second-order valence-electron chi connectivity index (χ2n) is 4.94. The summed E-state index contributed by atoms with van der Waals surface area (Å²) in [5.41, 5.74) is 7.18. The molecule has 0 aromatic heterocycles. The quantitative estimate of drug-likeness (QED) is 0.731. The highest BCUT2D eigenvalue weighted by molar-refractivity contribution is 5.79. The van der Waals surface area contributed by atoms with Gasteiger partial charge in [0, 0.05) is 19.6 Å². The van der Waals surface area contributed by atoms with Crippen LogP contribution in [0.5, 0.6) is 0 Å². The molecule has 3 N–H and O–H groups in total. The maximum absolute atomic E-state index is 12.3. The van der Waals surface area contributed by atoms with Crippen LogP contribution in [0.4, 0.5) is 0 Å². The van der Waals surface area contributed by atoms with Crippen molar-refractivity contribution in [3.05, 3.63) is 35.9 Å². The molecule has 0 aliphatic rings. The third-order valence-electron chi connectivity index (χ3n) is 3.41. The fourth-order valence-electron chi connectivity index (χ4n) is 2.07. The fraction of sp³-hybridized carbons (Fsp3) is 0.533. The Balaban J connectivity index is 2.56. The molecule has 106 valence electrons. The number of nitrogens with zero attached hydrogens (tertiary/aromatic N) is 1. The molecule has 4 nitrogen and oxygen atoms in total. The van der Waals surface area contributed by atoms with E-state index in [0.29, 0.717) is 0 Å². The van der Waals surface area contributed by atoms with E-state index in [1.807, 2.05) is 51.4 Å². The van der Waals surface area contributed by atoms with Crippen molar-refractivity contribution in [1.29, 1.82) is 0 Å². The first-order valence-corrected chi connectivity index (χ1v) is 6.78. The third kappa shape index (κ3) is 4.65. The van der Waals surface area contributed by atoms with Gasteiger partial charge >= 0.3 is 0 Å². The number of hydrogen-bond donors (Lipinski definition) is 2. The van der Waals surface area contributed by atoms with Crippen molar-refractivity contribution in [2.24, 2.45) is 11.7 Å². The van der Waals surface area contributed by atoms with Crippen molar-refractivity contribution in [3.8, 4) is 0 Å². The summed E-state index contributed by atoms with van der Waals surface area (Å²) in [6, 6.07) is 9.53. The molecule has 0 saturated heterocycles. The lowest BCUT2D eigenvalue weighted by Crippen LogP contribution is -2.38. The zero-order valence-electron chi connectivity index (χ0n) is 12.1. The first kappa shape index (κ1) is 15.7. The van der Waals surface area contributed by atoms with Crippen molar-refractivity contribution in [3.63, 3.8) is 0 Å². The maximum Gasteiger partial charge on any atom is 0.227 e. The van der Waals surface area contributed by atoms with E-state index in [2.05, 4.69) is 5.32 Å². The second kappa shape index (κ2) is 7.92. The van der Waals surface area contributed by atoms with Crippen molar-refractivity contribution in [2.75, 3.05) is 27.2 Å². The van der Waals surface area contributed by atoms with Gasteiger partial charge in [-0.2, -0.15) is 0 Å². The van der Waals surface area contributed by atoms with Crippen LogP contribution in [-0.4, -0.2) is 38.0 Å². The third-order valence-corrected chi connectivity index (χ3v) is 3.41. The number of carbonyl (C=O) groups is 1. The number of amides is 1. The smallest absolute Gasteiger partial charge is 0.227 e. The monoisotopic (exact) mass is 263 g/mol. The molecule has 0 saturated carbocycles. The zero-order valence-corrected chi connectivity index (χ0v) is 12.1. The lowest BCUT2D eigenvalue weighted by Gasteiger charge is -2.25. The molecule has 0 aliphatic heterocycles. The largest absolute Gasteiger partial charge is 0.345 e.